The summed E-state index contributed by atoms with van der Waals surface area (Å²) in [6.07, 6.45) is 1.28. The number of ether oxygens (including phenoxy) is 2. The molecule has 8 nitrogen and oxygen atoms in total. The van der Waals surface area contributed by atoms with Crippen LogP contribution in [0.1, 0.15) is 17.7 Å². The molecule has 0 spiro atoms. The van der Waals surface area contributed by atoms with Crippen LogP contribution in [0.3, 0.4) is 0 Å². The van der Waals surface area contributed by atoms with E-state index in [4.69, 9.17) is 0 Å². The monoisotopic (exact) mass is 368 g/mol. The molecule has 0 aliphatic rings. The summed E-state index contributed by atoms with van der Waals surface area (Å²) >= 11 is 0. The van der Waals surface area contributed by atoms with E-state index in [0.29, 0.717) is 17.2 Å². The molecular formula is C19H20N4O4. The van der Waals surface area contributed by atoms with Gasteiger partial charge in [-0.2, -0.15) is 5.10 Å². The van der Waals surface area contributed by atoms with Crippen LogP contribution in [0.25, 0.3) is 0 Å². The van der Waals surface area contributed by atoms with E-state index in [0.717, 1.165) is 5.56 Å². The highest BCUT2D eigenvalue weighted by molar-refractivity contribution is 6.39. The number of rotatable bonds is 6. The van der Waals surface area contributed by atoms with Gasteiger partial charge in [-0.25, -0.2) is 9.79 Å². The van der Waals surface area contributed by atoms with Crippen LogP contribution >= 0.6 is 0 Å². The lowest BCUT2D eigenvalue weighted by Gasteiger charge is -2.08. The van der Waals surface area contributed by atoms with E-state index in [1.165, 1.54) is 14.2 Å². The first-order valence-corrected chi connectivity index (χ1v) is 8.08. The van der Waals surface area contributed by atoms with Crippen LogP contribution in [0.5, 0.6) is 0 Å². The maximum atomic E-state index is 11.9. The number of esters is 2. The third-order valence-electron chi connectivity index (χ3n) is 3.44. The first kappa shape index (κ1) is 19.8. The maximum Gasteiger partial charge on any atom is 0.354 e. The molecule has 27 heavy (non-hydrogen) atoms. The molecule has 0 aliphatic carbocycles. The zero-order valence-corrected chi connectivity index (χ0v) is 15.3. The molecular weight excluding hydrogens is 348 g/mol. The summed E-state index contributed by atoms with van der Waals surface area (Å²) in [7, 11) is 2.43. The largest absolute Gasteiger partial charge is 0.469 e. The fourth-order valence-electron chi connectivity index (χ4n) is 2.00. The van der Waals surface area contributed by atoms with Gasteiger partial charge < -0.3 is 9.47 Å². The normalized spacial score (nSPS) is 11.7. The molecule has 1 aromatic carbocycles. The van der Waals surface area contributed by atoms with Crippen molar-refractivity contribution in [2.75, 3.05) is 14.2 Å². The van der Waals surface area contributed by atoms with Crippen LogP contribution in [0.4, 0.5) is 5.69 Å². The Morgan fingerprint density at radius 1 is 1.07 bits per heavy atom. The van der Waals surface area contributed by atoms with Crippen molar-refractivity contribution >= 4 is 29.2 Å². The summed E-state index contributed by atoms with van der Waals surface area (Å²) in [5, 5.41) is 3.99. The summed E-state index contributed by atoms with van der Waals surface area (Å²) in [6.45, 7) is 1.98. The number of aryl methyl sites for hydroxylation is 1. The molecule has 0 saturated heterocycles. The van der Waals surface area contributed by atoms with Crippen LogP contribution in [-0.2, 0) is 19.1 Å². The van der Waals surface area contributed by atoms with Gasteiger partial charge in [0.05, 0.1) is 26.3 Å². The Bertz CT molecular complexity index is 846. The second-order valence-corrected chi connectivity index (χ2v) is 5.43. The van der Waals surface area contributed by atoms with Crippen molar-refractivity contribution in [3.05, 3.63) is 59.9 Å². The SMILES string of the molecule is COC(=O)C/C(=N/NC(=Nc1ccc(C)cc1)c1ccccn1)C(=O)OC. The number of hydrazone groups is 1. The van der Waals surface area contributed by atoms with E-state index < -0.39 is 11.9 Å². The molecule has 1 aromatic heterocycles. The summed E-state index contributed by atoms with van der Waals surface area (Å²) in [5.41, 5.74) is 4.87. The van der Waals surface area contributed by atoms with Crippen molar-refractivity contribution in [3.8, 4) is 0 Å². The van der Waals surface area contributed by atoms with E-state index in [-0.39, 0.29) is 12.1 Å². The summed E-state index contributed by atoms with van der Waals surface area (Å²) in [5.74, 6) is -1.05. The van der Waals surface area contributed by atoms with Crippen LogP contribution in [0.15, 0.2) is 58.8 Å². The topological polar surface area (TPSA) is 102 Å². The third kappa shape index (κ3) is 6.03. The summed E-state index contributed by atoms with van der Waals surface area (Å²) in [4.78, 5) is 32.1. The van der Waals surface area contributed by atoms with E-state index in [2.05, 4.69) is 30.0 Å². The Kier molecular flexibility index (Phi) is 7.18. The van der Waals surface area contributed by atoms with Gasteiger partial charge in [0, 0.05) is 6.20 Å². The van der Waals surface area contributed by atoms with Crippen LogP contribution in [-0.4, -0.2) is 42.7 Å². The first-order valence-electron chi connectivity index (χ1n) is 8.08. The Morgan fingerprint density at radius 2 is 1.81 bits per heavy atom. The van der Waals surface area contributed by atoms with E-state index in [1.807, 2.05) is 31.2 Å². The molecule has 140 valence electrons. The van der Waals surface area contributed by atoms with E-state index >= 15 is 0 Å². The molecule has 2 rings (SSSR count). The third-order valence-corrected chi connectivity index (χ3v) is 3.44. The fourth-order valence-corrected chi connectivity index (χ4v) is 2.00. The number of benzene rings is 1. The van der Waals surface area contributed by atoms with E-state index in [1.54, 1.807) is 24.4 Å². The first-order chi connectivity index (χ1) is 13.0. The van der Waals surface area contributed by atoms with Crippen molar-refractivity contribution in [2.45, 2.75) is 13.3 Å². The zero-order valence-electron chi connectivity index (χ0n) is 15.3. The molecule has 1 heterocycles. The van der Waals surface area contributed by atoms with Crippen LogP contribution in [0, 0.1) is 6.92 Å². The van der Waals surface area contributed by atoms with Crippen molar-refractivity contribution in [2.24, 2.45) is 10.1 Å². The van der Waals surface area contributed by atoms with Gasteiger partial charge in [0.1, 0.15) is 5.69 Å². The molecule has 0 amide bonds. The van der Waals surface area contributed by atoms with Crippen LogP contribution < -0.4 is 5.43 Å². The summed E-state index contributed by atoms with van der Waals surface area (Å²) in [6, 6.07) is 12.9. The van der Waals surface area contributed by atoms with Gasteiger partial charge >= 0.3 is 11.9 Å². The highest BCUT2D eigenvalue weighted by Gasteiger charge is 2.18. The fraction of sp³-hybridized carbons (Fsp3) is 0.211. The number of hydrogen-bond donors (Lipinski definition) is 1. The number of pyridine rings is 1. The number of aliphatic imine (C=N–C) groups is 1. The lowest BCUT2D eigenvalue weighted by Crippen LogP contribution is -2.27. The smallest absolute Gasteiger partial charge is 0.354 e. The van der Waals surface area contributed by atoms with Crippen LogP contribution in [0.2, 0.25) is 0 Å². The Hall–Kier alpha value is -3.55. The number of methoxy groups -OCH3 is 2. The molecule has 0 saturated carbocycles. The summed E-state index contributed by atoms with van der Waals surface area (Å²) < 4.78 is 9.23. The molecule has 0 bridgehead atoms. The van der Waals surface area contributed by atoms with E-state index in [9.17, 15) is 9.59 Å². The number of carbonyl (C=O) groups is 2. The quantitative estimate of drug-likeness (QED) is 0.363. The molecule has 0 atom stereocenters. The molecule has 0 unspecified atom stereocenters. The van der Waals surface area contributed by atoms with Gasteiger partial charge in [-0.3, -0.25) is 15.2 Å². The van der Waals surface area contributed by atoms with Crippen molar-refractivity contribution in [3.63, 3.8) is 0 Å². The predicted octanol–water partition coefficient (Wildman–Crippen LogP) is 2.15. The molecule has 2 aromatic rings. The second-order valence-electron chi connectivity index (χ2n) is 5.43. The van der Waals surface area contributed by atoms with Gasteiger partial charge in [0.25, 0.3) is 0 Å². The minimum Gasteiger partial charge on any atom is -0.469 e. The van der Waals surface area contributed by atoms with Gasteiger partial charge in [-0.1, -0.05) is 23.8 Å². The van der Waals surface area contributed by atoms with Gasteiger partial charge in [0.2, 0.25) is 0 Å². The number of amidine groups is 1. The molecule has 1 N–H and O–H groups in total. The zero-order chi connectivity index (χ0) is 19.6. The lowest BCUT2D eigenvalue weighted by atomic mass is 10.2. The van der Waals surface area contributed by atoms with Crippen molar-refractivity contribution in [1.29, 1.82) is 0 Å². The minimum absolute atomic E-state index is 0.142. The highest BCUT2D eigenvalue weighted by atomic mass is 16.5. The predicted molar refractivity (Wildman–Crippen MR) is 101 cm³/mol. The Morgan fingerprint density at radius 3 is 2.41 bits per heavy atom. The Labute approximate surface area is 156 Å². The average molecular weight is 368 g/mol. The molecule has 0 radical (unpaired) electrons. The average Bonchev–Trinajstić information content (AvgIpc) is 2.71. The maximum absolute atomic E-state index is 11.9. The number of hydrogen-bond acceptors (Lipinski definition) is 7. The number of aromatic nitrogens is 1. The van der Waals surface area contributed by atoms with Crippen molar-refractivity contribution < 1.29 is 19.1 Å². The minimum atomic E-state index is -0.747. The number of carbonyl (C=O) groups excluding carboxylic acids is 2. The Balaban J connectivity index is 2.36. The highest BCUT2D eigenvalue weighted by Crippen LogP contribution is 2.14. The molecule has 8 heteroatoms. The van der Waals surface area contributed by atoms with Gasteiger partial charge in [-0.15, -0.1) is 0 Å². The van der Waals surface area contributed by atoms with Gasteiger partial charge in [0.15, 0.2) is 11.5 Å². The molecule has 0 fully saturated rings. The molecule has 0 aliphatic heterocycles. The second kappa shape index (κ2) is 9.81. The van der Waals surface area contributed by atoms with Gasteiger partial charge in [-0.05, 0) is 31.2 Å². The van der Waals surface area contributed by atoms with Crippen molar-refractivity contribution in [1.82, 2.24) is 10.4 Å². The number of nitrogens with zero attached hydrogens (tertiary/aromatic N) is 3. The standard InChI is InChI=1S/C19H20N4O4/c1-13-7-9-14(10-8-13)21-18(15-6-4-5-11-20-15)23-22-16(19(25)27-3)12-17(24)26-2/h4-11H,12H2,1-3H3,(H,21,23)/b22-16-. The number of nitrogens with one attached hydrogen (secondary N) is 1. The lowest BCUT2D eigenvalue weighted by molar-refractivity contribution is -0.140.